The van der Waals surface area contributed by atoms with Gasteiger partial charge in [-0.25, -0.2) is 0 Å². The fourth-order valence-electron chi connectivity index (χ4n) is 3.54. The molecule has 136 valence electrons. The molecule has 2 rings (SSSR count). The van der Waals surface area contributed by atoms with E-state index in [1.807, 2.05) is 6.07 Å². The maximum Gasteiger partial charge on any atom is 0.137 e. The van der Waals surface area contributed by atoms with Crippen molar-refractivity contribution in [3.05, 3.63) is 29.3 Å². The highest BCUT2D eigenvalue weighted by Crippen LogP contribution is 2.23. The predicted octanol–water partition coefficient (Wildman–Crippen LogP) is -1.37. The van der Waals surface area contributed by atoms with E-state index in [1.165, 1.54) is 20.9 Å². The van der Waals surface area contributed by atoms with E-state index in [0.717, 1.165) is 45.0 Å². The maximum absolute atomic E-state index is 10.3. The van der Waals surface area contributed by atoms with E-state index in [4.69, 9.17) is 9.84 Å². The van der Waals surface area contributed by atoms with E-state index in [1.54, 1.807) is 0 Å². The molecule has 1 fully saturated rings. The monoisotopic (exact) mass is 338 g/mol. The van der Waals surface area contributed by atoms with Gasteiger partial charge in [0.2, 0.25) is 0 Å². The van der Waals surface area contributed by atoms with Crippen LogP contribution < -0.4 is 14.5 Å². The van der Waals surface area contributed by atoms with Crippen LogP contribution in [0.3, 0.4) is 0 Å². The predicted molar refractivity (Wildman–Crippen MR) is 95.0 cm³/mol. The third-order valence-corrected chi connectivity index (χ3v) is 4.96. The molecule has 0 unspecified atom stereocenters. The molecule has 1 heterocycles. The lowest BCUT2D eigenvalue weighted by Crippen LogP contribution is -3.28. The van der Waals surface area contributed by atoms with Gasteiger partial charge in [0.05, 0.1) is 6.61 Å². The molecule has 0 bridgehead atoms. The van der Waals surface area contributed by atoms with Gasteiger partial charge >= 0.3 is 0 Å². The molecular formula is C19H34N2O3+2. The summed E-state index contributed by atoms with van der Waals surface area (Å²) in [5.41, 5.74) is 2.58. The van der Waals surface area contributed by atoms with E-state index >= 15 is 0 Å². The van der Waals surface area contributed by atoms with E-state index < -0.39 is 6.10 Å². The fourth-order valence-corrected chi connectivity index (χ4v) is 3.54. The van der Waals surface area contributed by atoms with E-state index in [2.05, 4.69) is 32.9 Å². The van der Waals surface area contributed by atoms with Gasteiger partial charge in [-0.2, -0.15) is 0 Å². The highest BCUT2D eigenvalue weighted by atomic mass is 16.5. The zero-order chi connectivity index (χ0) is 17.5. The Morgan fingerprint density at radius 1 is 1.12 bits per heavy atom. The number of aryl methyl sites for hydroxylation is 1. The summed E-state index contributed by atoms with van der Waals surface area (Å²) < 4.78 is 5.78. The number of hydrogen-bond acceptors (Lipinski definition) is 3. The van der Waals surface area contributed by atoms with Crippen LogP contribution in [-0.2, 0) is 0 Å². The summed E-state index contributed by atoms with van der Waals surface area (Å²) in [6.07, 6.45) is -0.440. The number of ether oxygens (including phenoxy) is 1. The van der Waals surface area contributed by atoms with Gasteiger partial charge in [0.1, 0.15) is 57.7 Å². The minimum absolute atomic E-state index is 0.260. The second-order valence-electron chi connectivity index (χ2n) is 7.32. The summed E-state index contributed by atoms with van der Waals surface area (Å²) in [7, 11) is 0. The second kappa shape index (κ2) is 9.37. The van der Waals surface area contributed by atoms with Crippen LogP contribution >= 0.6 is 0 Å². The standard InChI is InChI=1S/C19H32N2O3/c1-15(2)19-5-4-18(12-16(19)3)24-14-17(23)13-21-8-6-20(7-9-21)10-11-22/h4-5,12,15,17,22-23H,6-11,13-14H2,1-3H3/p+2/t17-/m1/s1. The molecule has 0 aromatic heterocycles. The van der Waals surface area contributed by atoms with E-state index in [-0.39, 0.29) is 6.61 Å². The van der Waals surface area contributed by atoms with Crippen LogP contribution in [0.25, 0.3) is 0 Å². The van der Waals surface area contributed by atoms with Gasteiger partial charge in [0.15, 0.2) is 0 Å². The van der Waals surface area contributed by atoms with Crippen LogP contribution in [0.1, 0.15) is 30.9 Å². The molecule has 0 aliphatic carbocycles. The molecule has 0 saturated carbocycles. The normalized spacial score (nSPS) is 22.6. The number of hydrogen-bond donors (Lipinski definition) is 4. The number of piperazine rings is 1. The summed E-state index contributed by atoms with van der Waals surface area (Å²) in [6, 6.07) is 6.18. The molecule has 1 aliphatic heterocycles. The topological polar surface area (TPSA) is 58.6 Å². The molecule has 0 spiro atoms. The third-order valence-electron chi connectivity index (χ3n) is 4.96. The molecule has 5 nitrogen and oxygen atoms in total. The number of benzene rings is 1. The van der Waals surface area contributed by atoms with Gasteiger partial charge in [-0.3, -0.25) is 0 Å². The van der Waals surface area contributed by atoms with Gasteiger partial charge in [-0.05, 0) is 36.1 Å². The van der Waals surface area contributed by atoms with Gasteiger partial charge in [-0.1, -0.05) is 19.9 Å². The van der Waals surface area contributed by atoms with Crippen LogP contribution in [0.5, 0.6) is 5.75 Å². The Morgan fingerprint density at radius 3 is 2.38 bits per heavy atom. The molecule has 24 heavy (non-hydrogen) atoms. The summed E-state index contributed by atoms with van der Waals surface area (Å²) in [5.74, 6) is 1.35. The Morgan fingerprint density at radius 2 is 1.79 bits per heavy atom. The molecule has 1 aliphatic rings. The molecule has 1 aromatic rings. The maximum atomic E-state index is 10.3. The smallest absolute Gasteiger partial charge is 0.137 e. The number of aliphatic hydroxyl groups is 2. The zero-order valence-corrected chi connectivity index (χ0v) is 15.3. The Balaban J connectivity index is 1.73. The minimum Gasteiger partial charge on any atom is -0.491 e. The molecule has 0 radical (unpaired) electrons. The first-order chi connectivity index (χ1) is 11.5. The lowest BCUT2D eigenvalue weighted by atomic mass is 9.98. The number of rotatable bonds is 8. The van der Waals surface area contributed by atoms with Crippen LogP contribution in [0.4, 0.5) is 0 Å². The summed E-state index contributed by atoms with van der Waals surface area (Å²) >= 11 is 0. The van der Waals surface area contributed by atoms with Crippen molar-refractivity contribution in [1.29, 1.82) is 0 Å². The molecule has 1 aromatic carbocycles. The van der Waals surface area contributed by atoms with Gasteiger partial charge < -0.3 is 24.7 Å². The summed E-state index contributed by atoms with van der Waals surface area (Å²) in [4.78, 5) is 2.90. The SMILES string of the molecule is Cc1cc(OC[C@H](O)C[NH+]2CC[NH+](CCO)CC2)ccc1C(C)C. The number of aliphatic hydroxyl groups excluding tert-OH is 2. The Labute approximate surface area is 145 Å². The molecule has 0 amide bonds. The summed E-state index contributed by atoms with van der Waals surface area (Å²) in [5, 5.41) is 19.2. The first kappa shape index (κ1) is 19.2. The average Bonchev–Trinajstić information content (AvgIpc) is 2.55. The molecular weight excluding hydrogens is 304 g/mol. The number of nitrogens with one attached hydrogen (secondary N) is 2. The van der Waals surface area contributed by atoms with Crippen LogP contribution in [0.15, 0.2) is 18.2 Å². The van der Waals surface area contributed by atoms with Gasteiger partial charge in [0.25, 0.3) is 0 Å². The van der Waals surface area contributed by atoms with Crippen molar-refractivity contribution in [2.75, 3.05) is 52.5 Å². The van der Waals surface area contributed by atoms with Crippen LogP contribution in [0.2, 0.25) is 0 Å². The van der Waals surface area contributed by atoms with Crippen molar-refractivity contribution in [3.8, 4) is 5.75 Å². The number of quaternary nitrogens is 2. The highest BCUT2D eigenvalue weighted by molar-refractivity contribution is 5.36. The Hall–Kier alpha value is -1.14. The van der Waals surface area contributed by atoms with Gasteiger partial charge in [0, 0.05) is 0 Å². The van der Waals surface area contributed by atoms with Crippen molar-refractivity contribution in [1.82, 2.24) is 0 Å². The second-order valence-corrected chi connectivity index (χ2v) is 7.32. The quantitative estimate of drug-likeness (QED) is 0.473. The Kier molecular flexibility index (Phi) is 7.49. The van der Waals surface area contributed by atoms with E-state index in [0.29, 0.717) is 12.5 Å². The third kappa shape index (κ3) is 5.74. The zero-order valence-electron chi connectivity index (χ0n) is 15.3. The van der Waals surface area contributed by atoms with Crippen molar-refractivity contribution >= 4 is 0 Å². The molecule has 1 atom stereocenters. The molecule has 4 N–H and O–H groups in total. The molecule has 1 saturated heterocycles. The lowest BCUT2D eigenvalue weighted by Gasteiger charge is -2.30. The first-order valence-corrected chi connectivity index (χ1v) is 9.19. The van der Waals surface area contributed by atoms with Crippen molar-refractivity contribution in [2.45, 2.75) is 32.8 Å². The summed E-state index contributed by atoms with van der Waals surface area (Å²) in [6.45, 7) is 12.9. The largest absolute Gasteiger partial charge is 0.491 e. The van der Waals surface area contributed by atoms with Crippen LogP contribution in [-0.4, -0.2) is 68.8 Å². The highest BCUT2D eigenvalue weighted by Gasteiger charge is 2.24. The Bertz CT molecular complexity index is 499. The minimum atomic E-state index is -0.440. The van der Waals surface area contributed by atoms with Crippen molar-refractivity contribution in [3.63, 3.8) is 0 Å². The van der Waals surface area contributed by atoms with Gasteiger partial charge in [-0.15, -0.1) is 0 Å². The first-order valence-electron chi connectivity index (χ1n) is 9.19. The van der Waals surface area contributed by atoms with Crippen LogP contribution in [0, 0.1) is 6.92 Å². The fraction of sp³-hybridized carbons (Fsp3) is 0.684. The van der Waals surface area contributed by atoms with Crippen molar-refractivity contribution < 1.29 is 24.7 Å². The lowest BCUT2D eigenvalue weighted by molar-refractivity contribution is -1.01. The van der Waals surface area contributed by atoms with E-state index in [9.17, 15) is 5.11 Å². The van der Waals surface area contributed by atoms with Crippen molar-refractivity contribution in [2.24, 2.45) is 0 Å². The average molecular weight is 338 g/mol. The molecule has 5 heteroatoms.